The summed E-state index contributed by atoms with van der Waals surface area (Å²) in [6, 6.07) is 8.76. The molecule has 2 unspecified atom stereocenters. The Hall–Kier alpha value is -0.910. The lowest BCUT2D eigenvalue weighted by atomic mass is 10.2. The van der Waals surface area contributed by atoms with E-state index in [2.05, 4.69) is 4.72 Å². The first kappa shape index (κ1) is 14.2. The molecule has 2 atom stereocenters. The number of sulfonamides is 1. The van der Waals surface area contributed by atoms with Crippen LogP contribution in [-0.2, 0) is 15.8 Å². The van der Waals surface area contributed by atoms with Crippen LogP contribution in [0.3, 0.4) is 0 Å². The first-order chi connectivity index (χ1) is 7.89. The van der Waals surface area contributed by atoms with Crippen molar-refractivity contribution < 1.29 is 13.5 Å². The van der Waals surface area contributed by atoms with Gasteiger partial charge in [0.2, 0.25) is 10.0 Å². The van der Waals surface area contributed by atoms with E-state index in [4.69, 9.17) is 0 Å². The summed E-state index contributed by atoms with van der Waals surface area (Å²) < 4.78 is 26.1. The zero-order valence-corrected chi connectivity index (χ0v) is 10.9. The fraction of sp³-hybridized carbons (Fsp3) is 0.500. The van der Waals surface area contributed by atoms with Crippen LogP contribution < -0.4 is 4.72 Å². The number of aliphatic hydroxyl groups is 1. The summed E-state index contributed by atoms with van der Waals surface area (Å²) in [5.74, 6) is -0.0298. The number of rotatable bonds is 6. The first-order valence-electron chi connectivity index (χ1n) is 5.61. The van der Waals surface area contributed by atoms with Crippen LogP contribution in [0.15, 0.2) is 30.3 Å². The topological polar surface area (TPSA) is 66.4 Å². The average Bonchev–Trinajstić information content (AvgIpc) is 2.15. The van der Waals surface area contributed by atoms with Gasteiger partial charge >= 0.3 is 0 Å². The minimum atomic E-state index is -3.34. The summed E-state index contributed by atoms with van der Waals surface area (Å²) in [6.45, 7) is 3.39. The number of nitrogens with one attached hydrogen (secondary N) is 1. The van der Waals surface area contributed by atoms with E-state index in [-0.39, 0.29) is 11.8 Å². The van der Waals surface area contributed by atoms with Crippen LogP contribution in [0.5, 0.6) is 0 Å². The summed E-state index contributed by atoms with van der Waals surface area (Å²) in [5.41, 5.74) is 0.754. The van der Waals surface area contributed by atoms with Crippen molar-refractivity contribution in [3.8, 4) is 0 Å². The van der Waals surface area contributed by atoms with Crippen molar-refractivity contribution in [2.45, 2.75) is 38.2 Å². The van der Waals surface area contributed by atoms with Gasteiger partial charge in [0.05, 0.1) is 11.9 Å². The van der Waals surface area contributed by atoms with Gasteiger partial charge in [-0.3, -0.25) is 0 Å². The summed E-state index contributed by atoms with van der Waals surface area (Å²) in [6.07, 6.45) is -0.0991. The second-order valence-electron chi connectivity index (χ2n) is 4.35. The van der Waals surface area contributed by atoms with E-state index in [0.717, 1.165) is 5.56 Å². The van der Waals surface area contributed by atoms with E-state index in [1.165, 1.54) is 0 Å². The Morgan fingerprint density at radius 2 is 1.82 bits per heavy atom. The Bertz CT molecular complexity index is 428. The Morgan fingerprint density at radius 1 is 1.24 bits per heavy atom. The van der Waals surface area contributed by atoms with Crippen LogP contribution in [0.4, 0.5) is 0 Å². The summed E-state index contributed by atoms with van der Waals surface area (Å²) in [7, 11) is -3.34. The van der Waals surface area contributed by atoms with Crippen molar-refractivity contribution in [3.05, 3.63) is 35.9 Å². The average molecular weight is 257 g/mol. The molecule has 2 N–H and O–H groups in total. The van der Waals surface area contributed by atoms with Crippen molar-refractivity contribution in [2.24, 2.45) is 0 Å². The highest BCUT2D eigenvalue weighted by molar-refractivity contribution is 7.88. The van der Waals surface area contributed by atoms with E-state index < -0.39 is 16.1 Å². The Kier molecular flexibility index (Phi) is 5.11. The molecule has 0 saturated carbocycles. The van der Waals surface area contributed by atoms with E-state index in [1.807, 2.05) is 18.2 Å². The fourth-order valence-electron chi connectivity index (χ4n) is 1.70. The zero-order chi connectivity index (χ0) is 12.9. The maximum absolute atomic E-state index is 11.8. The van der Waals surface area contributed by atoms with Crippen LogP contribution >= 0.6 is 0 Å². The van der Waals surface area contributed by atoms with Crippen LogP contribution in [0.25, 0.3) is 0 Å². The largest absolute Gasteiger partial charge is 0.393 e. The molecule has 0 aliphatic carbocycles. The second-order valence-corrected chi connectivity index (χ2v) is 6.10. The number of aliphatic hydroxyl groups excluding tert-OH is 1. The third-order valence-corrected chi connectivity index (χ3v) is 3.75. The Labute approximate surface area is 103 Å². The molecule has 1 aromatic rings. The molecule has 0 aliphatic rings. The molecule has 0 spiro atoms. The van der Waals surface area contributed by atoms with Gasteiger partial charge in [0.15, 0.2) is 0 Å². The summed E-state index contributed by atoms with van der Waals surface area (Å²) >= 11 is 0. The molecule has 96 valence electrons. The van der Waals surface area contributed by atoms with Gasteiger partial charge in [0, 0.05) is 6.04 Å². The Balaban J connectivity index is 2.58. The lowest BCUT2D eigenvalue weighted by molar-refractivity contribution is 0.175. The van der Waals surface area contributed by atoms with Gasteiger partial charge in [-0.2, -0.15) is 0 Å². The second kappa shape index (κ2) is 6.14. The van der Waals surface area contributed by atoms with Crippen molar-refractivity contribution in [3.63, 3.8) is 0 Å². The first-order valence-corrected chi connectivity index (χ1v) is 7.26. The third kappa shape index (κ3) is 5.81. The number of benzene rings is 1. The fourth-order valence-corrected chi connectivity index (χ4v) is 3.13. The van der Waals surface area contributed by atoms with Gasteiger partial charge < -0.3 is 5.11 Å². The molecule has 5 heteroatoms. The highest BCUT2D eigenvalue weighted by Crippen LogP contribution is 2.06. The van der Waals surface area contributed by atoms with Gasteiger partial charge in [0.25, 0.3) is 0 Å². The molecule has 0 fully saturated rings. The number of hydrogen-bond donors (Lipinski definition) is 2. The molecule has 0 radical (unpaired) electrons. The molecule has 0 aromatic heterocycles. The molecule has 0 saturated heterocycles. The molecule has 1 aromatic carbocycles. The molecular weight excluding hydrogens is 238 g/mol. The van der Waals surface area contributed by atoms with Gasteiger partial charge in [-0.05, 0) is 25.8 Å². The van der Waals surface area contributed by atoms with E-state index in [0.29, 0.717) is 6.42 Å². The maximum atomic E-state index is 11.8. The van der Waals surface area contributed by atoms with Crippen LogP contribution in [-0.4, -0.2) is 25.7 Å². The molecule has 0 aliphatic heterocycles. The van der Waals surface area contributed by atoms with Crippen LogP contribution in [0.1, 0.15) is 25.8 Å². The quantitative estimate of drug-likeness (QED) is 0.806. The normalized spacial score (nSPS) is 15.5. The van der Waals surface area contributed by atoms with E-state index >= 15 is 0 Å². The highest BCUT2D eigenvalue weighted by Gasteiger charge is 2.16. The van der Waals surface area contributed by atoms with Crippen LogP contribution in [0.2, 0.25) is 0 Å². The SMILES string of the molecule is CC(O)CC(C)NS(=O)(=O)Cc1ccccc1. The van der Waals surface area contributed by atoms with Gasteiger partial charge in [-0.1, -0.05) is 30.3 Å². The Morgan fingerprint density at radius 3 is 2.35 bits per heavy atom. The summed E-state index contributed by atoms with van der Waals surface area (Å²) in [5, 5.41) is 9.17. The monoisotopic (exact) mass is 257 g/mol. The minimum absolute atomic E-state index is 0.0298. The maximum Gasteiger partial charge on any atom is 0.216 e. The summed E-state index contributed by atoms with van der Waals surface area (Å²) in [4.78, 5) is 0. The van der Waals surface area contributed by atoms with E-state index in [9.17, 15) is 13.5 Å². The molecule has 1 rings (SSSR count). The molecule has 0 amide bonds. The molecule has 0 bridgehead atoms. The third-order valence-electron chi connectivity index (χ3n) is 2.27. The zero-order valence-electron chi connectivity index (χ0n) is 10.1. The van der Waals surface area contributed by atoms with Crippen molar-refractivity contribution in [2.75, 3.05) is 0 Å². The van der Waals surface area contributed by atoms with Crippen LogP contribution in [0, 0.1) is 0 Å². The van der Waals surface area contributed by atoms with Gasteiger partial charge in [0.1, 0.15) is 0 Å². The number of hydrogen-bond acceptors (Lipinski definition) is 3. The molecular formula is C12H19NO3S. The van der Waals surface area contributed by atoms with Crippen molar-refractivity contribution >= 4 is 10.0 Å². The van der Waals surface area contributed by atoms with E-state index in [1.54, 1.807) is 26.0 Å². The standard InChI is InChI=1S/C12H19NO3S/c1-10(8-11(2)14)13-17(15,16)9-12-6-4-3-5-7-12/h3-7,10-11,13-14H,8-9H2,1-2H3. The predicted octanol–water partition coefficient (Wildman–Crippen LogP) is 1.27. The molecule has 4 nitrogen and oxygen atoms in total. The predicted molar refractivity (Wildman–Crippen MR) is 68.0 cm³/mol. The lowest BCUT2D eigenvalue weighted by Gasteiger charge is -2.15. The lowest BCUT2D eigenvalue weighted by Crippen LogP contribution is -2.35. The molecule has 0 heterocycles. The highest BCUT2D eigenvalue weighted by atomic mass is 32.2. The minimum Gasteiger partial charge on any atom is -0.393 e. The molecule has 17 heavy (non-hydrogen) atoms. The van der Waals surface area contributed by atoms with Gasteiger partial charge in [-0.15, -0.1) is 0 Å². The van der Waals surface area contributed by atoms with Crippen molar-refractivity contribution in [1.29, 1.82) is 0 Å². The smallest absolute Gasteiger partial charge is 0.216 e. The van der Waals surface area contributed by atoms with Crippen molar-refractivity contribution in [1.82, 2.24) is 4.72 Å². The van der Waals surface area contributed by atoms with Gasteiger partial charge in [-0.25, -0.2) is 13.1 Å².